The minimum absolute atomic E-state index is 0.226. The van der Waals surface area contributed by atoms with Gasteiger partial charge in [0.2, 0.25) is 5.91 Å². The number of nitrogens with zero attached hydrogens (tertiary/aromatic N) is 2. The highest BCUT2D eigenvalue weighted by Gasteiger charge is 2.19. The number of hydrogen-bond acceptors (Lipinski definition) is 3. The molecule has 4 heteroatoms. The Bertz CT molecular complexity index is 269. The fraction of sp³-hybridized carbons (Fsp3) is 0.933. The van der Waals surface area contributed by atoms with E-state index in [2.05, 4.69) is 10.2 Å². The molecule has 0 bridgehead atoms. The van der Waals surface area contributed by atoms with Gasteiger partial charge in [-0.25, -0.2) is 0 Å². The van der Waals surface area contributed by atoms with Gasteiger partial charge in [0.05, 0.1) is 0 Å². The van der Waals surface area contributed by atoms with Gasteiger partial charge >= 0.3 is 0 Å². The molecule has 2 rings (SSSR count). The summed E-state index contributed by atoms with van der Waals surface area (Å²) in [7, 11) is 0. The lowest BCUT2D eigenvalue weighted by molar-refractivity contribution is -0.129. The normalized spacial score (nSPS) is 22.7. The molecule has 0 aromatic carbocycles. The Balaban J connectivity index is 1.51. The summed E-state index contributed by atoms with van der Waals surface area (Å²) in [6.45, 7) is 8.51. The van der Waals surface area contributed by atoms with E-state index in [1.807, 2.05) is 4.90 Å². The number of rotatable bonds is 5. The molecule has 0 unspecified atom stereocenters. The zero-order chi connectivity index (χ0) is 13.5. The first-order valence-corrected chi connectivity index (χ1v) is 7.97. The van der Waals surface area contributed by atoms with Gasteiger partial charge in [0, 0.05) is 26.1 Å². The second kappa shape index (κ2) is 7.85. The second-order valence-electron chi connectivity index (χ2n) is 5.99. The molecule has 0 aromatic rings. The van der Waals surface area contributed by atoms with Crippen molar-refractivity contribution in [1.29, 1.82) is 0 Å². The Labute approximate surface area is 117 Å². The van der Waals surface area contributed by atoms with E-state index in [0.29, 0.717) is 6.04 Å². The van der Waals surface area contributed by atoms with Crippen LogP contribution in [0.1, 0.15) is 45.4 Å². The molecule has 1 N–H and O–H groups in total. The highest BCUT2D eigenvalue weighted by molar-refractivity contribution is 5.73. The first-order chi connectivity index (χ1) is 9.25. The summed E-state index contributed by atoms with van der Waals surface area (Å²) in [5.74, 6) is 0.226. The predicted molar refractivity (Wildman–Crippen MR) is 78.2 cm³/mol. The van der Waals surface area contributed by atoms with E-state index in [0.717, 1.165) is 32.5 Å². The van der Waals surface area contributed by atoms with Crippen LogP contribution in [-0.2, 0) is 4.79 Å². The molecular formula is C15H29N3O. The monoisotopic (exact) mass is 267 g/mol. The SMILES string of the molecule is CC(=O)N1CCC(NCCCN2CCCCC2)CC1. The van der Waals surface area contributed by atoms with Gasteiger partial charge in [-0.15, -0.1) is 0 Å². The summed E-state index contributed by atoms with van der Waals surface area (Å²) in [6, 6.07) is 0.622. The third kappa shape index (κ3) is 5.11. The molecule has 1 amide bonds. The van der Waals surface area contributed by atoms with Gasteiger partial charge < -0.3 is 15.1 Å². The smallest absolute Gasteiger partial charge is 0.219 e. The minimum Gasteiger partial charge on any atom is -0.343 e. The molecule has 4 nitrogen and oxygen atoms in total. The molecule has 0 saturated carbocycles. The molecule has 0 atom stereocenters. The van der Waals surface area contributed by atoms with Crippen LogP contribution in [0, 0.1) is 0 Å². The number of nitrogens with one attached hydrogen (secondary N) is 1. The lowest BCUT2D eigenvalue weighted by Gasteiger charge is -2.32. The summed E-state index contributed by atoms with van der Waals surface area (Å²) in [5.41, 5.74) is 0. The van der Waals surface area contributed by atoms with Crippen molar-refractivity contribution in [2.45, 2.75) is 51.5 Å². The van der Waals surface area contributed by atoms with Crippen LogP contribution >= 0.6 is 0 Å². The van der Waals surface area contributed by atoms with Gasteiger partial charge in [-0.05, 0) is 58.3 Å². The molecule has 19 heavy (non-hydrogen) atoms. The maximum Gasteiger partial charge on any atom is 0.219 e. The average molecular weight is 267 g/mol. The van der Waals surface area contributed by atoms with Crippen LogP contribution < -0.4 is 5.32 Å². The molecule has 0 aromatic heterocycles. The molecule has 2 fully saturated rings. The number of likely N-dealkylation sites (tertiary alicyclic amines) is 2. The molecule has 0 radical (unpaired) electrons. The zero-order valence-electron chi connectivity index (χ0n) is 12.4. The first-order valence-electron chi connectivity index (χ1n) is 7.97. The largest absolute Gasteiger partial charge is 0.343 e. The first kappa shape index (κ1) is 14.8. The summed E-state index contributed by atoms with van der Waals surface area (Å²) >= 11 is 0. The van der Waals surface area contributed by atoms with Crippen molar-refractivity contribution in [1.82, 2.24) is 15.1 Å². The van der Waals surface area contributed by atoms with Crippen LogP contribution in [0.4, 0.5) is 0 Å². The summed E-state index contributed by atoms with van der Waals surface area (Å²) < 4.78 is 0. The van der Waals surface area contributed by atoms with Gasteiger partial charge in [-0.1, -0.05) is 6.42 Å². The number of carbonyl (C=O) groups excluding carboxylic acids is 1. The third-order valence-electron chi connectivity index (χ3n) is 4.47. The quantitative estimate of drug-likeness (QED) is 0.766. The van der Waals surface area contributed by atoms with Crippen molar-refractivity contribution >= 4 is 5.91 Å². The van der Waals surface area contributed by atoms with Crippen molar-refractivity contribution in [3.05, 3.63) is 0 Å². The number of carbonyl (C=O) groups is 1. The zero-order valence-corrected chi connectivity index (χ0v) is 12.4. The standard InChI is InChI=1S/C15H29N3O/c1-14(19)18-12-6-15(7-13-18)16-8-5-11-17-9-3-2-4-10-17/h15-16H,2-13H2,1H3. The fourth-order valence-corrected chi connectivity index (χ4v) is 3.19. The molecule has 2 heterocycles. The summed E-state index contributed by atoms with van der Waals surface area (Å²) in [6.07, 6.45) is 7.68. The second-order valence-corrected chi connectivity index (χ2v) is 5.99. The number of piperidine rings is 2. The van der Waals surface area contributed by atoms with Gasteiger partial charge in [-0.3, -0.25) is 4.79 Å². The van der Waals surface area contributed by atoms with Gasteiger partial charge in [0.15, 0.2) is 0 Å². The Morgan fingerprint density at radius 3 is 2.42 bits per heavy atom. The maximum absolute atomic E-state index is 11.2. The molecule has 2 aliphatic heterocycles. The van der Waals surface area contributed by atoms with Crippen molar-refractivity contribution < 1.29 is 4.79 Å². The van der Waals surface area contributed by atoms with Gasteiger partial charge in [-0.2, -0.15) is 0 Å². The summed E-state index contributed by atoms with van der Waals surface area (Å²) in [4.78, 5) is 15.8. The average Bonchev–Trinajstić information content (AvgIpc) is 2.45. The summed E-state index contributed by atoms with van der Waals surface area (Å²) in [5, 5.41) is 3.66. The topological polar surface area (TPSA) is 35.6 Å². The van der Waals surface area contributed by atoms with E-state index in [-0.39, 0.29) is 5.91 Å². The minimum atomic E-state index is 0.226. The van der Waals surface area contributed by atoms with Gasteiger partial charge in [0.1, 0.15) is 0 Å². The van der Waals surface area contributed by atoms with E-state index >= 15 is 0 Å². The van der Waals surface area contributed by atoms with Crippen LogP contribution in [0.2, 0.25) is 0 Å². The van der Waals surface area contributed by atoms with E-state index in [1.54, 1.807) is 6.92 Å². The Morgan fingerprint density at radius 1 is 1.11 bits per heavy atom. The van der Waals surface area contributed by atoms with Crippen LogP contribution in [0.3, 0.4) is 0 Å². The number of amides is 1. The molecule has 0 spiro atoms. The Morgan fingerprint density at radius 2 is 1.79 bits per heavy atom. The molecule has 2 aliphatic rings. The van der Waals surface area contributed by atoms with Crippen LogP contribution in [-0.4, -0.2) is 61.0 Å². The van der Waals surface area contributed by atoms with Crippen molar-refractivity contribution in [3.8, 4) is 0 Å². The van der Waals surface area contributed by atoms with Gasteiger partial charge in [0.25, 0.3) is 0 Å². The molecule has 2 saturated heterocycles. The fourth-order valence-electron chi connectivity index (χ4n) is 3.19. The van der Waals surface area contributed by atoms with Crippen LogP contribution in [0.25, 0.3) is 0 Å². The van der Waals surface area contributed by atoms with E-state index < -0.39 is 0 Å². The Hall–Kier alpha value is -0.610. The Kier molecular flexibility index (Phi) is 6.11. The lowest BCUT2D eigenvalue weighted by atomic mass is 10.0. The van der Waals surface area contributed by atoms with E-state index in [4.69, 9.17) is 0 Å². The van der Waals surface area contributed by atoms with E-state index in [9.17, 15) is 4.79 Å². The lowest BCUT2D eigenvalue weighted by Crippen LogP contribution is -2.44. The van der Waals surface area contributed by atoms with Crippen LogP contribution in [0.5, 0.6) is 0 Å². The highest BCUT2D eigenvalue weighted by Crippen LogP contribution is 2.11. The van der Waals surface area contributed by atoms with Crippen LogP contribution in [0.15, 0.2) is 0 Å². The third-order valence-corrected chi connectivity index (χ3v) is 4.47. The highest BCUT2D eigenvalue weighted by atomic mass is 16.2. The molecule has 0 aliphatic carbocycles. The van der Waals surface area contributed by atoms with Crippen molar-refractivity contribution in [2.24, 2.45) is 0 Å². The van der Waals surface area contributed by atoms with Crippen molar-refractivity contribution in [3.63, 3.8) is 0 Å². The molecular weight excluding hydrogens is 238 g/mol. The van der Waals surface area contributed by atoms with E-state index in [1.165, 1.54) is 45.3 Å². The predicted octanol–water partition coefficient (Wildman–Crippen LogP) is 1.46. The number of hydrogen-bond donors (Lipinski definition) is 1. The molecule has 110 valence electrons. The maximum atomic E-state index is 11.2. The van der Waals surface area contributed by atoms with Crippen molar-refractivity contribution in [2.75, 3.05) is 39.3 Å².